The third kappa shape index (κ3) is 10.3. The van der Waals surface area contributed by atoms with Crippen LogP contribution in [0.4, 0.5) is 0 Å². The topological polar surface area (TPSA) is 0 Å². The van der Waals surface area contributed by atoms with Crippen LogP contribution in [0, 0.1) is 0 Å². The Labute approximate surface area is 66.5 Å². The Bertz CT molecular complexity index is 37.8. The molecular formula is C6H17PTe. The van der Waals surface area contributed by atoms with E-state index in [1.54, 1.807) is 0 Å². The quantitative estimate of drug-likeness (QED) is 0.519. The van der Waals surface area contributed by atoms with Crippen molar-refractivity contribution in [1.82, 2.24) is 0 Å². The van der Waals surface area contributed by atoms with E-state index in [1.807, 2.05) is 0 Å². The molecule has 0 rings (SSSR count). The Kier molecular flexibility index (Phi) is 9.47. The molecule has 8 heavy (non-hydrogen) atoms. The van der Waals surface area contributed by atoms with Crippen LogP contribution in [0.25, 0.3) is 0 Å². The van der Waals surface area contributed by atoms with Crippen molar-refractivity contribution in [2.24, 2.45) is 0 Å². The summed E-state index contributed by atoms with van der Waals surface area (Å²) < 4.78 is 2.01. The van der Waals surface area contributed by atoms with Crippen LogP contribution >= 0.6 is 9.90 Å². The predicted octanol–water partition coefficient (Wildman–Crippen LogP) is 2.41. The molecule has 1 unspecified atom stereocenters. The van der Waals surface area contributed by atoms with E-state index in [0.717, 1.165) is 7.93 Å². The Morgan fingerprint density at radius 3 is 1.12 bits per heavy atom. The Morgan fingerprint density at radius 2 is 1.12 bits per heavy atom. The third-order valence-corrected chi connectivity index (χ3v) is 3.65. The van der Waals surface area contributed by atoms with Crippen molar-refractivity contribution in [2.45, 2.75) is 35.6 Å². The van der Waals surface area contributed by atoms with E-state index in [-0.39, 0.29) is 9.90 Å². The second-order valence-electron chi connectivity index (χ2n) is 2.23. The van der Waals surface area contributed by atoms with Crippen LogP contribution in [-0.2, 0) is 0 Å². The second-order valence-corrected chi connectivity index (χ2v) is 8.39. The molecule has 0 heterocycles. The first-order valence-corrected chi connectivity index (χ1v) is 5.47. The summed E-state index contributed by atoms with van der Waals surface area (Å²) in [5, 5.41) is 0. The maximum absolute atomic E-state index is 2.32. The zero-order chi connectivity index (χ0) is 5.86. The van der Waals surface area contributed by atoms with Crippen molar-refractivity contribution in [3.8, 4) is 0 Å². The van der Waals surface area contributed by atoms with E-state index in [1.165, 1.54) is 0 Å². The van der Waals surface area contributed by atoms with E-state index in [9.17, 15) is 0 Å². The van der Waals surface area contributed by atoms with E-state index in [0.29, 0.717) is 20.9 Å². The molecule has 0 nitrogen and oxygen atoms in total. The third-order valence-electron chi connectivity index (χ3n) is 0.544. The van der Waals surface area contributed by atoms with Gasteiger partial charge < -0.3 is 0 Å². The first-order valence-electron chi connectivity index (χ1n) is 2.78. The summed E-state index contributed by atoms with van der Waals surface area (Å²) in [5.41, 5.74) is 0. The summed E-state index contributed by atoms with van der Waals surface area (Å²) in [7, 11) is 0. The minimum atomic E-state index is 0. The monoisotopic (exact) mass is 250 g/mol. The summed E-state index contributed by atoms with van der Waals surface area (Å²) in [6.07, 6.45) is 0. The molecule has 0 amide bonds. The standard InChI is InChI=1S/C6H14Te.H3P/c1-5(2)7-6(3)4;/h5-6H,1-4H3;1H3. The molecule has 0 saturated heterocycles. The van der Waals surface area contributed by atoms with Crippen molar-refractivity contribution < 1.29 is 0 Å². The van der Waals surface area contributed by atoms with Crippen LogP contribution < -0.4 is 0 Å². The first-order chi connectivity index (χ1) is 3.13. The van der Waals surface area contributed by atoms with Gasteiger partial charge in [-0.3, -0.25) is 0 Å². The van der Waals surface area contributed by atoms with Gasteiger partial charge in [0.25, 0.3) is 0 Å². The second kappa shape index (κ2) is 6.34. The van der Waals surface area contributed by atoms with Gasteiger partial charge in [-0.25, -0.2) is 0 Å². The van der Waals surface area contributed by atoms with E-state index in [2.05, 4.69) is 27.7 Å². The predicted molar refractivity (Wildman–Crippen MR) is 47.1 cm³/mol. The fraction of sp³-hybridized carbons (Fsp3) is 1.00. The van der Waals surface area contributed by atoms with Crippen molar-refractivity contribution in [3.05, 3.63) is 0 Å². The van der Waals surface area contributed by atoms with Gasteiger partial charge in [0.2, 0.25) is 0 Å². The minimum Gasteiger partial charge on any atom is -0.153 e. The van der Waals surface area contributed by atoms with E-state index in [4.69, 9.17) is 0 Å². The zero-order valence-corrected chi connectivity index (χ0v) is 10.0. The van der Waals surface area contributed by atoms with Gasteiger partial charge in [-0.05, 0) is 0 Å². The summed E-state index contributed by atoms with van der Waals surface area (Å²) in [5.74, 6) is 0. The fourth-order valence-corrected chi connectivity index (χ4v) is 3.65. The van der Waals surface area contributed by atoms with Gasteiger partial charge in [-0.15, -0.1) is 0 Å². The van der Waals surface area contributed by atoms with Gasteiger partial charge in [0, 0.05) is 0 Å². The first kappa shape index (κ1) is 12.0. The molecule has 0 radical (unpaired) electrons. The maximum atomic E-state index is 2.32. The van der Waals surface area contributed by atoms with Crippen LogP contribution in [0.15, 0.2) is 0 Å². The molecule has 0 bridgehead atoms. The Hall–Kier alpha value is 1.22. The van der Waals surface area contributed by atoms with Gasteiger partial charge in [0.1, 0.15) is 0 Å². The number of rotatable bonds is 2. The average molecular weight is 248 g/mol. The molecule has 0 aromatic carbocycles. The maximum Gasteiger partial charge on any atom is -0.153 e. The molecular weight excluding hydrogens is 231 g/mol. The van der Waals surface area contributed by atoms with Crippen LogP contribution in [0.1, 0.15) is 27.7 Å². The summed E-state index contributed by atoms with van der Waals surface area (Å²) in [4.78, 5) is 0. The molecule has 0 aromatic rings. The van der Waals surface area contributed by atoms with Crippen molar-refractivity contribution >= 4 is 30.8 Å². The van der Waals surface area contributed by atoms with Crippen LogP contribution in [-0.4, -0.2) is 20.9 Å². The fourth-order valence-electron chi connectivity index (χ4n) is 0.544. The SMILES string of the molecule is CC(C)[Te]C(C)C.P. The van der Waals surface area contributed by atoms with Gasteiger partial charge >= 0.3 is 56.5 Å². The summed E-state index contributed by atoms with van der Waals surface area (Å²) >= 11 is 0.350. The largest absolute Gasteiger partial charge is 0.153 e. The Balaban J connectivity index is 0. The molecule has 0 aromatic heterocycles. The summed E-state index contributed by atoms with van der Waals surface area (Å²) in [6, 6.07) is 0. The normalized spacial score (nSPS) is 9.75. The van der Waals surface area contributed by atoms with E-state index < -0.39 is 0 Å². The molecule has 0 aliphatic carbocycles. The van der Waals surface area contributed by atoms with Crippen molar-refractivity contribution in [2.75, 3.05) is 0 Å². The molecule has 0 saturated carbocycles. The molecule has 0 spiro atoms. The van der Waals surface area contributed by atoms with Gasteiger partial charge in [0.15, 0.2) is 0 Å². The summed E-state index contributed by atoms with van der Waals surface area (Å²) in [6.45, 7) is 9.29. The molecule has 0 fully saturated rings. The van der Waals surface area contributed by atoms with Gasteiger partial charge in [0.05, 0.1) is 0 Å². The molecule has 0 aliphatic rings. The zero-order valence-electron chi connectivity index (χ0n) is 6.27. The molecule has 0 aliphatic heterocycles. The van der Waals surface area contributed by atoms with Crippen LogP contribution in [0.5, 0.6) is 0 Å². The molecule has 0 N–H and O–H groups in total. The molecule has 2 heteroatoms. The smallest absolute Gasteiger partial charge is 0.153 e. The van der Waals surface area contributed by atoms with Crippen LogP contribution in [0.3, 0.4) is 0 Å². The van der Waals surface area contributed by atoms with Crippen LogP contribution in [0.2, 0.25) is 7.93 Å². The minimum absolute atomic E-state index is 0. The van der Waals surface area contributed by atoms with Crippen molar-refractivity contribution in [1.29, 1.82) is 0 Å². The number of hydrogen-bond donors (Lipinski definition) is 0. The number of hydrogen-bond acceptors (Lipinski definition) is 0. The molecule has 52 valence electrons. The average Bonchev–Trinajstić information content (AvgIpc) is 1.27. The van der Waals surface area contributed by atoms with Gasteiger partial charge in [-0.2, -0.15) is 9.90 Å². The molecule has 1 atom stereocenters. The van der Waals surface area contributed by atoms with Crippen molar-refractivity contribution in [3.63, 3.8) is 0 Å². The van der Waals surface area contributed by atoms with E-state index >= 15 is 0 Å². The van der Waals surface area contributed by atoms with Gasteiger partial charge in [-0.1, -0.05) is 0 Å². The Morgan fingerprint density at radius 1 is 0.875 bits per heavy atom.